The van der Waals surface area contributed by atoms with Crippen LogP contribution < -0.4 is 0 Å². The van der Waals surface area contributed by atoms with Crippen molar-refractivity contribution in [2.75, 3.05) is 6.61 Å². The van der Waals surface area contributed by atoms with Crippen molar-refractivity contribution >= 4 is 11.6 Å². The molecule has 2 aromatic heterocycles. The molecule has 5 nitrogen and oxygen atoms in total. The molecule has 5 heteroatoms. The molecular weight excluding hydrogens is 254 g/mol. The molecule has 0 amide bonds. The van der Waals surface area contributed by atoms with Gasteiger partial charge in [0.2, 0.25) is 0 Å². The molecule has 20 heavy (non-hydrogen) atoms. The van der Waals surface area contributed by atoms with Gasteiger partial charge in [0.25, 0.3) is 0 Å². The van der Waals surface area contributed by atoms with E-state index in [2.05, 4.69) is 10.1 Å². The fourth-order valence-corrected chi connectivity index (χ4v) is 2.35. The minimum Gasteiger partial charge on any atom is -0.461 e. The van der Waals surface area contributed by atoms with E-state index in [0.29, 0.717) is 12.3 Å². The van der Waals surface area contributed by atoms with Crippen molar-refractivity contribution in [2.24, 2.45) is 0 Å². The van der Waals surface area contributed by atoms with E-state index in [1.54, 1.807) is 11.4 Å². The van der Waals surface area contributed by atoms with Gasteiger partial charge in [-0.15, -0.1) is 0 Å². The van der Waals surface area contributed by atoms with Gasteiger partial charge in [0.1, 0.15) is 0 Å². The van der Waals surface area contributed by atoms with Gasteiger partial charge in [0.15, 0.2) is 11.3 Å². The Morgan fingerprint density at radius 3 is 2.55 bits per heavy atom. The fraction of sp³-hybridized carbons (Fsp3) is 0.533. The number of fused-ring (bicyclic) bond motifs is 1. The minimum absolute atomic E-state index is 0.239. The topological polar surface area (TPSA) is 56.5 Å². The summed E-state index contributed by atoms with van der Waals surface area (Å²) in [6.45, 7) is 12.2. The van der Waals surface area contributed by atoms with E-state index in [1.807, 2.05) is 40.7 Å². The third-order valence-corrected chi connectivity index (χ3v) is 3.11. The molecule has 0 bridgehead atoms. The summed E-state index contributed by atoms with van der Waals surface area (Å²) >= 11 is 0. The third-order valence-electron chi connectivity index (χ3n) is 3.11. The number of carbonyl (C=O) groups excluding carboxylic acids is 1. The maximum absolute atomic E-state index is 12.2. The van der Waals surface area contributed by atoms with Crippen LogP contribution in [0.5, 0.6) is 0 Å². The van der Waals surface area contributed by atoms with Gasteiger partial charge in [-0.2, -0.15) is 5.10 Å². The summed E-state index contributed by atoms with van der Waals surface area (Å²) in [4.78, 5) is 16.7. The highest BCUT2D eigenvalue weighted by molar-refractivity contribution is 5.91. The molecule has 0 N–H and O–H groups in total. The molecule has 0 aliphatic rings. The number of carbonyl (C=O) groups is 1. The summed E-state index contributed by atoms with van der Waals surface area (Å²) < 4.78 is 6.84. The lowest BCUT2D eigenvalue weighted by Crippen LogP contribution is -2.17. The normalized spacial score (nSPS) is 11.9. The number of nitrogens with zero attached hydrogens (tertiary/aromatic N) is 3. The quantitative estimate of drug-likeness (QED) is 0.791. The van der Waals surface area contributed by atoms with Crippen LogP contribution in [0, 0.1) is 13.8 Å². The van der Waals surface area contributed by atoms with Gasteiger partial charge in [0.05, 0.1) is 6.61 Å². The van der Waals surface area contributed by atoms with E-state index in [0.717, 1.165) is 22.6 Å². The van der Waals surface area contributed by atoms with Gasteiger partial charge < -0.3 is 4.74 Å². The first-order valence-corrected chi connectivity index (χ1v) is 6.80. The van der Waals surface area contributed by atoms with Gasteiger partial charge in [-0.05, 0) is 32.3 Å². The van der Waals surface area contributed by atoms with Crippen LogP contribution in [-0.2, 0) is 10.2 Å². The van der Waals surface area contributed by atoms with Crippen molar-refractivity contribution in [2.45, 2.75) is 47.0 Å². The highest BCUT2D eigenvalue weighted by Gasteiger charge is 2.30. The van der Waals surface area contributed by atoms with Crippen molar-refractivity contribution in [3.8, 4) is 0 Å². The second-order valence-electron chi connectivity index (χ2n) is 5.97. The number of hydrogen-bond acceptors (Lipinski definition) is 4. The zero-order chi connectivity index (χ0) is 15.1. The van der Waals surface area contributed by atoms with E-state index in [1.165, 1.54) is 0 Å². The summed E-state index contributed by atoms with van der Waals surface area (Å²) in [6, 6.07) is 1.95. The summed E-state index contributed by atoms with van der Waals surface area (Å²) in [5, 5.41) is 4.42. The first kappa shape index (κ1) is 14.5. The lowest BCUT2D eigenvalue weighted by Gasteiger charge is -2.18. The second-order valence-corrected chi connectivity index (χ2v) is 5.97. The molecule has 0 spiro atoms. The van der Waals surface area contributed by atoms with Gasteiger partial charge >= 0.3 is 5.97 Å². The van der Waals surface area contributed by atoms with Gasteiger partial charge in [-0.3, -0.25) is 0 Å². The largest absolute Gasteiger partial charge is 0.461 e. The third kappa shape index (κ3) is 2.40. The molecule has 2 rings (SSSR count). The Bertz CT molecular complexity index is 666. The molecule has 0 aliphatic carbocycles. The number of aryl methyl sites for hydroxylation is 2. The maximum atomic E-state index is 12.2. The number of hydrogen-bond donors (Lipinski definition) is 0. The van der Waals surface area contributed by atoms with Crippen molar-refractivity contribution in [3.63, 3.8) is 0 Å². The highest BCUT2D eigenvalue weighted by Crippen LogP contribution is 2.30. The monoisotopic (exact) mass is 275 g/mol. The van der Waals surface area contributed by atoms with E-state index in [9.17, 15) is 4.79 Å². The highest BCUT2D eigenvalue weighted by atomic mass is 16.5. The van der Waals surface area contributed by atoms with E-state index < -0.39 is 0 Å². The summed E-state index contributed by atoms with van der Waals surface area (Å²) in [7, 11) is 0. The first-order valence-electron chi connectivity index (χ1n) is 6.80. The minimum atomic E-state index is -0.389. The lowest BCUT2D eigenvalue weighted by atomic mass is 9.86. The molecule has 0 atom stereocenters. The molecule has 0 unspecified atom stereocenters. The maximum Gasteiger partial charge on any atom is 0.359 e. The fourth-order valence-electron chi connectivity index (χ4n) is 2.35. The first-order chi connectivity index (χ1) is 9.25. The average Bonchev–Trinajstić information content (AvgIpc) is 2.68. The number of rotatable bonds is 2. The zero-order valence-corrected chi connectivity index (χ0v) is 12.9. The molecule has 108 valence electrons. The number of esters is 1. The van der Waals surface area contributed by atoms with Crippen LogP contribution in [0.4, 0.5) is 0 Å². The molecule has 0 aromatic carbocycles. The smallest absolute Gasteiger partial charge is 0.359 e. The standard InChI is InChI=1S/C15H21N3O2/c1-7-20-14(19)12-11(15(4,5)6)13-16-9(2)8-10(3)18(13)17-12/h8H,7H2,1-6H3. The van der Waals surface area contributed by atoms with E-state index in [-0.39, 0.29) is 11.4 Å². The lowest BCUT2D eigenvalue weighted by molar-refractivity contribution is 0.0516. The SMILES string of the molecule is CCOC(=O)c1nn2c(C)cc(C)nc2c1C(C)(C)C. The van der Waals surface area contributed by atoms with Crippen molar-refractivity contribution in [3.05, 3.63) is 28.7 Å². The van der Waals surface area contributed by atoms with E-state index >= 15 is 0 Å². The summed E-state index contributed by atoms with van der Waals surface area (Å²) in [5.41, 5.74) is 3.56. The summed E-state index contributed by atoms with van der Waals surface area (Å²) in [6.07, 6.45) is 0. The van der Waals surface area contributed by atoms with Crippen molar-refractivity contribution in [1.29, 1.82) is 0 Å². The predicted molar refractivity (Wildman–Crippen MR) is 77.1 cm³/mol. The Labute approximate surface area is 119 Å². The van der Waals surface area contributed by atoms with Crippen LogP contribution in [-0.4, -0.2) is 27.2 Å². The van der Waals surface area contributed by atoms with Crippen molar-refractivity contribution in [1.82, 2.24) is 14.6 Å². The molecule has 0 fully saturated rings. The van der Waals surface area contributed by atoms with Gasteiger partial charge in [-0.25, -0.2) is 14.3 Å². The van der Waals surface area contributed by atoms with Crippen LogP contribution in [0.2, 0.25) is 0 Å². The second kappa shape index (κ2) is 4.89. The molecular formula is C15H21N3O2. The number of aromatic nitrogens is 3. The predicted octanol–water partition coefficient (Wildman–Crippen LogP) is 2.82. The van der Waals surface area contributed by atoms with Crippen LogP contribution in [0.15, 0.2) is 6.07 Å². The Hall–Kier alpha value is -1.91. The van der Waals surface area contributed by atoms with Crippen LogP contribution in [0.25, 0.3) is 5.65 Å². The Kier molecular flexibility index (Phi) is 3.54. The molecule has 0 saturated carbocycles. The Balaban J connectivity index is 2.81. The molecule has 2 heterocycles. The van der Waals surface area contributed by atoms with Crippen molar-refractivity contribution < 1.29 is 9.53 Å². The molecule has 2 aromatic rings. The van der Waals surface area contributed by atoms with Crippen LogP contribution in [0.3, 0.4) is 0 Å². The van der Waals surface area contributed by atoms with Gasteiger partial charge in [0, 0.05) is 17.0 Å². The Morgan fingerprint density at radius 2 is 2.00 bits per heavy atom. The van der Waals surface area contributed by atoms with Crippen LogP contribution in [0.1, 0.15) is 55.1 Å². The Morgan fingerprint density at radius 1 is 1.35 bits per heavy atom. The van der Waals surface area contributed by atoms with E-state index in [4.69, 9.17) is 4.74 Å². The zero-order valence-electron chi connectivity index (χ0n) is 12.9. The van der Waals surface area contributed by atoms with Gasteiger partial charge in [-0.1, -0.05) is 20.8 Å². The average molecular weight is 275 g/mol. The molecule has 0 saturated heterocycles. The number of ether oxygens (including phenoxy) is 1. The molecule has 0 radical (unpaired) electrons. The molecule has 0 aliphatic heterocycles. The van der Waals surface area contributed by atoms with Crippen LogP contribution >= 0.6 is 0 Å². The summed E-state index contributed by atoms with van der Waals surface area (Å²) in [5.74, 6) is -0.389.